The third kappa shape index (κ3) is 2.28. The van der Waals surface area contributed by atoms with E-state index < -0.39 is 0 Å². The van der Waals surface area contributed by atoms with Gasteiger partial charge in [-0.05, 0) is 90.6 Å². The van der Waals surface area contributed by atoms with Crippen LogP contribution in [0.1, 0.15) is 92.4 Å². The molecule has 156 valence electrons. The van der Waals surface area contributed by atoms with Gasteiger partial charge in [-0.1, -0.05) is 47.5 Å². The smallest absolute Gasteiger partial charge is 0.155 e. The maximum atomic E-state index is 12.3. The van der Waals surface area contributed by atoms with Crippen LogP contribution in [0.4, 0.5) is 0 Å². The van der Waals surface area contributed by atoms with Gasteiger partial charge in [-0.15, -0.1) is 0 Å². The molecule has 28 heavy (non-hydrogen) atoms. The molecule has 0 spiro atoms. The van der Waals surface area contributed by atoms with Crippen molar-refractivity contribution in [3.63, 3.8) is 0 Å². The van der Waals surface area contributed by atoms with Crippen molar-refractivity contribution in [3.8, 4) is 0 Å². The van der Waals surface area contributed by atoms with E-state index in [4.69, 9.17) is 4.74 Å². The molecular weight excluding hydrogens is 344 g/mol. The highest BCUT2D eigenvalue weighted by atomic mass is 16.6. The van der Waals surface area contributed by atoms with Gasteiger partial charge in [-0.25, -0.2) is 0 Å². The molecule has 5 aliphatic rings. The highest BCUT2D eigenvalue weighted by molar-refractivity contribution is 5.92. The van der Waals surface area contributed by atoms with Crippen molar-refractivity contribution < 1.29 is 9.53 Å². The fourth-order valence-electron chi connectivity index (χ4n) is 9.17. The van der Waals surface area contributed by atoms with E-state index in [2.05, 4.69) is 34.6 Å². The summed E-state index contributed by atoms with van der Waals surface area (Å²) < 4.78 is 6.64. The number of carbonyl (C=O) groups is 1. The third-order valence-corrected chi connectivity index (χ3v) is 10.5. The Bertz CT molecular complexity index is 709. The van der Waals surface area contributed by atoms with E-state index in [1.54, 1.807) is 0 Å². The quantitative estimate of drug-likeness (QED) is 0.529. The minimum atomic E-state index is -0.0998. The monoisotopic (exact) mass is 384 g/mol. The van der Waals surface area contributed by atoms with Gasteiger partial charge in [0.1, 0.15) is 5.60 Å². The number of hydrogen-bond donors (Lipinski definition) is 0. The number of rotatable bonds is 4. The van der Waals surface area contributed by atoms with Crippen LogP contribution in [0.15, 0.2) is 11.6 Å². The second-order valence-electron chi connectivity index (χ2n) is 11.5. The molecule has 4 fully saturated rings. The average Bonchev–Trinajstić information content (AvgIpc) is 3.30. The number of ketones is 1. The molecule has 1 saturated heterocycles. The zero-order chi connectivity index (χ0) is 19.9. The van der Waals surface area contributed by atoms with Gasteiger partial charge in [0.05, 0.1) is 6.10 Å². The molecule has 0 radical (unpaired) electrons. The van der Waals surface area contributed by atoms with Gasteiger partial charge in [0.15, 0.2) is 5.78 Å². The van der Waals surface area contributed by atoms with E-state index in [1.807, 2.05) is 6.08 Å². The molecule has 0 N–H and O–H groups in total. The molecule has 0 amide bonds. The van der Waals surface area contributed by atoms with Crippen LogP contribution in [-0.2, 0) is 9.53 Å². The summed E-state index contributed by atoms with van der Waals surface area (Å²) in [7, 11) is 0. The number of ether oxygens (including phenoxy) is 1. The molecule has 5 rings (SSSR count). The summed E-state index contributed by atoms with van der Waals surface area (Å²) in [6, 6.07) is 0. The van der Waals surface area contributed by atoms with Gasteiger partial charge in [-0.3, -0.25) is 4.79 Å². The van der Waals surface area contributed by atoms with Gasteiger partial charge < -0.3 is 4.74 Å². The number of epoxide rings is 1. The first-order chi connectivity index (χ1) is 13.3. The Morgan fingerprint density at radius 1 is 1.14 bits per heavy atom. The molecule has 3 saturated carbocycles. The summed E-state index contributed by atoms with van der Waals surface area (Å²) in [5.41, 5.74) is 1.99. The van der Waals surface area contributed by atoms with Crippen LogP contribution in [0.5, 0.6) is 0 Å². The van der Waals surface area contributed by atoms with Crippen LogP contribution in [0.25, 0.3) is 0 Å². The number of fused-ring (bicyclic) bond motifs is 8. The zero-order valence-electron chi connectivity index (χ0n) is 18.7. The Balaban J connectivity index is 1.53. The highest BCUT2D eigenvalue weighted by Crippen LogP contribution is 2.74. The molecule has 9 atom stereocenters. The second kappa shape index (κ2) is 6.19. The zero-order valence-corrected chi connectivity index (χ0v) is 18.7. The van der Waals surface area contributed by atoms with E-state index in [9.17, 15) is 4.79 Å². The lowest BCUT2D eigenvalue weighted by molar-refractivity contribution is -0.117. The van der Waals surface area contributed by atoms with Crippen LogP contribution in [-0.4, -0.2) is 17.5 Å². The average molecular weight is 385 g/mol. The Kier molecular flexibility index (Phi) is 4.27. The van der Waals surface area contributed by atoms with Crippen LogP contribution in [0.3, 0.4) is 0 Å². The Hall–Kier alpha value is -0.630. The topological polar surface area (TPSA) is 29.6 Å². The van der Waals surface area contributed by atoms with Crippen molar-refractivity contribution >= 4 is 5.78 Å². The first-order valence-electron chi connectivity index (χ1n) is 12.2. The maximum Gasteiger partial charge on any atom is 0.155 e. The van der Waals surface area contributed by atoms with Gasteiger partial charge in [0, 0.05) is 6.42 Å². The Labute approximate surface area is 171 Å². The van der Waals surface area contributed by atoms with Crippen molar-refractivity contribution in [1.82, 2.24) is 0 Å². The molecule has 1 aliphatic heterocycles. The molecule has 0 bridgehead atoms. The normalized spacial score (nSPS) is 52.8. The highest BCUT2D eigenvalue weighted by Gasteiger charge is 2.75. The van der Waals surface area contributed by atoms with E-state index in [-0.39, 0.29) is 11.0 Å². The van der Waals surface area contributed by atoms with Crippen molar-refractivity contribution in [1.29, 1.82) is 0 Å². The molecular formula is C26H40O2. The lowest BCUT2D eigenvalue weighted by Crippen LogP contribution is -2.56. The fourth-order valence-corrected chi connectivity index (χ4v) is 9.17. The Morgan fingerprint density at radius 2 is 1.93 bits per heavy atom. The minimum absolute atomic E-state index is 0.0998. The van der Waals surface area contributed by atoms with Crippen LogP contribution in [0.2, 0.25) is 0 Å². The van der Waals surface area contributed by atoms with Crippen LogP contribution in [0, 0.1) is 40.4 Å². The predicted octanol–water partition coefficient (Wildman–Crippen LogP) is 6.34. The predicted molar refractivity (Wildman–Crippen MR) is 113 cm³/mol. The van der Waals surface area contributed by atoms with Crippen LogP contribution < -0.4 is 0 Å². The summed E-state index contributed by atoms with van der Waals surface area (Å²) in [5.74, 6) is 4.35. The molecule has 0 aromatic rings. The number of hydrogen-bond acceptors (Lipinski definition) is 2. The minimum Gasteiger partial charge on any atom is -0.361 e. The van der Waals surface area contributed by atoms with E-state index in [0.29, 0.717) is 23.2 Å². The van der Waals surface area contributed by atoms with Crippen molar-refractivity contribution in [2.45, 2.75) is 104 Å². The lowest BCUT2D eigenvalue weighted by Gasteiger charge is -2.58. The fraction of sp³-hybridized carbons (Fsp3) is 0.885. The first kappa shape index (κ1) is 19.3. The molecule has 4 unspecified atom stereocenters. The van der Waals surface area contributed by atoms with Gasteiger partial charge in [0.25, 0.3) is 0 Å². The summed E-state index contributed by atoms with van der Waals surface area (Å²) >= 11 is 0. The van der Waals surface area contributed by atoms with E-state index in [1.165, 1.54) is 44.1 Å². The summed E-state index contributed by atoms with van der Waals surface area (Å²) in [4.78, 5) is 12.3. The standard InChI is InChI=1S/C26H40O2/c1-6-8-16(3)18-9-10-19-22-20(12-14-24(18,19)4)25(5)13-11-17(27)15-21(25)26(7-2)23(22)28-26/h15-16,18-20,22-23H,6-14H2,1-5H3/t16-,18?,19?,20?,22?,23+,24-,25-,26-/m1/s1. The molecule has 0 aromatic heterocycles. The SMILES string of the molecule is CCC[C@@H](C)C1CCC2C3C(CC[C@@]21C)[C@@]1(C)CCC(=O)C=C1[C@@]1(CC)O[C@@H]31. The summed E-state index contributed by atoms with van der Waals surface area (Å²) in [6.07, 6.45) is 13.5. The van der Waals surface area contributed by atoms with Crippen molar-refractivity contribution in [2.24, 2.45) is 40.4 Å². The van der Waals surface area contributed by atoms with Gasteiger partial charge in [-0.2, -0.15) is 0 Å². The van der Waals surface area contributed by atoms with Gasteiger partial charge in [0.2, 0.25) is 0 Å². The maximum absolute atomic E-state index is 12.3. The third-order valence-electron chi connectivity index (χ3n) is 10.5. The molecule has 2 heteroatoms. The summed E-state index contributed by atoms with van der Waals surface area (Å²) in [6.45, 7) is 12.3. The molecule has 0 aromatic carbocycles. The molecule has 1 heterocycles. The van der Waals surface area contributed by atoms with Crippen LogP contribution >= 0.6 is 0 Å². The second-order valence-corrected chi connectivity index (χ2v) is 11.5. The van der Waals surface area contributed by atoms with Crippen molar-refractivity contribution in [2.75, 3.05) is 0 Å². The van der Waals surface area contributed by atoms with E-state index in [0.717, 1.165) is 42.9 Å². The first-order valence-corrected chi connectivity index (χ1v) is 12.2. The number of carbonyl (C=O) groups excluding carboxylic acids is 1. The van der Waals surface area contributed by atoms with Crippen molar-refractivity contribution in [3.05, 3.63) is 11.6 Å². The summed E-state index contributed by atoms with van der Waals surface area (Å²) in [5, 5.41) is 0. The lowest BCUT2D eigenvalue weighted by atomic mass is 9.44. The van der Waals surface area contributed by atoms with Gasteiger partial charge >= 0.3 is 0 Å². The Morgan fingerprint density at radius 3 is 2.64 bits per heavy atom. The largest absolute Gasteiger partial charge is 0.361 e. The van der Waals surface area contributed by atoms with E-state index >= 15 is 0 Å². The molecule has 4 aliphatic carbocycles. The molecule has 2 nitrogen and oxygen atoms in total.